The molecule has 0 atom stereocenters. The molecule has 2 aromatic rings. The molecule has 0 aliphatic rings. The summed E-state index contributed by atoms with van der Waals surface area (Å²) in [6.07, 6.45) is 5.43. The number of hydrogen-bond donors (Lipinski definition) is 1. The SMILES string of the molecule is CSc1cccc(-n2cc(Cl)cn2)c1CN. The molecule has 0 saturated heterocycles. The quantitative estimate of drug-likeness (QED) is 0.856. The number of thioether (sulfide) groups is 1. The first-order valence-corrected chi connectivity index (χ1v) is 6.43. The first kappa shape index (κ1) is 11.5. The summed E-state index contributed by atoms with van der Waals surface area (Å²) in [6, 6.07) is 6.04. The minimum absolute atomic E-state index is 0.490. The maximum absolute atomic E-state index is 5.86. The van der Waals surface area contributed by atoms with E-state index in [9.17, 15) is 0 Å². The Morgan fingerprint density at radius 1 is 1.50 bits per heavy atom. The van der Waals surface area contributed by atoms with E-state index in [0.717, 1.165) is 11.3 Å². The third kappa shape index (κ3) is 2.09. The van der Waals surface area contributed by atoms with Crippen LogP contribution in [0.5, 0.6) is 0 Å². The molecular weight excluding hydrogens is 242 g/mol. The van der Waals surface area contributed by atoms with Crippen LogP contribution in [0.2, 0.25) is 5.02 Å². The molecule has 5 heteroatoms. The molecule has 0 bridgehead atoms. The third-order valence-electron chi connectivity index (χ3n) is 2.33. The Morgan fingerprint density at radius 3 is 2.88 bits per heavy atom. The summed E-state index contributed by atoms with van der Waals surface area (Å²) >= 11 is 7.54. The van der Waals surface area contributed by atoms with Crippen LogP contribution >= 0.6 is 23.4 Å². The van der Waals surface area contributed by atoms with Gasteiger partial charge in [0.15, 0.2) is 0 Å². The Labute approximate surface area is 104 Å². The molecule has 1 heterocycles. The zero-order valence-corrected chi connectivity index (χ0v) is 10.4. The Kier molecular flexibility index (Phi) is 3.53. The fourth-order valence-corrected chi connectivity index (χ4v) is 2.38. The number of benzene rings is 1. The number of nitrogens with two attached hydrogens (primary N) is 1. The molecule has 16 heavy (non-hydrogen) atoms. The van der Waals surface area contributed by atoms with Crippen LogP contribution in [0.15, 0.2) is 35.5 Å². The summed E-state index contributed by atoms with van der Waals surface area (Å²) < 4.78 is 1.75. The van der Waals surface area contributed by atoms with Crippen molar-refractivity contribution in [2.75, 3.05) is 6.26 Å². The van der Waals surface area contributed by atoms with E-state index in [1.807, 2.05) is 18.4 Å². The van der Waals surface area contributed by atoms with Crippen LogP contribution in [0.4, 0.5) is 0 Å². The van der Waals surface area contributed by atoms with Gasteiger partial charge in [0, 0.05) is 23.2 Å². The largest absolute Gasteiger partial charge is 0.326 e. The molecule has 0 spiro atoms. The van der Waals surface area contributed by atoms with Crippen LogP contribution in [0.3, 0.4) is 0 Å². The summed E-state index contributed by atoms with van der Waals surface area (Å²) in [6.45, 7) is 0.490. The van der Waals surface area contributed by atoms with Crippen LogP contribution in [0, 0.1) is 0 Å². The van der Waals surface area contributed by atoms with Crippen molar-refractivity contribution >= 4 is 23.4 Å². The zero-order valence-electron chi connectivity index (χ0n) is 8.85. The van der Waals surface area contributed by atoms with E-state index in [4.69, 9.17) is 17.3 Å². The molecule has 0 saturated carbocycles. The molecule has 2 N–H and O–H groups in total. The van der Waals surface area contributed by atoms with Gasteiger partial charge in [-0.25, -0.2) is 4.68 Å². The summed E-state index contributed by atoms with van der Waals surface area (Å²) in [5.74, 6) is 0. The fourth-order valence-electron chi connectivity index (χ4n) is 1.60. The van der Waals surface area contributed by atoms with E-state index >= 15 is 0 Å². The van der Waals surface area contributed by atoms with Gasteiger partial charge in [-0.1, -0.05) is 17.7 Å². The van der Waals surface area contributed by atoms with Crippen molar-refractivity contribution in [3.8, 4) is 5.69 Å². The Morgan fingerprint density at radius 2 is 2.31 bits per heavy atom. The van der Waals surface area contributed by atoms with Crippen molar-refractivity contribution in [1.82, 2.24) is 9.78 Å². The number of nitrogens with zero attached hydrogens (tertiary/aromatic N) is 2. The van der Waals surface area contributed by atoms with Crippen LogP contribution < -0.4 is 5.73 Å². The standard InChI is InChI=1S/C11H12ClN3S/c1-16-11-4-2-3-10(9(11)5-13)15-7-8(12)6-14-15/h2-4,6-7H,5,13H2,1H3. The van der Waals surface area contributed by atoms with Crippen molar-refractivity contribution in [2.24, 2.45) is 5.73 Å². The van der Waals surface area contributed by atoms with Crippen LogP contribution in [-0.4, -0.2) is 16.0 Å². The molecule has 0 radical (unpaired) electrons. The monoisotopic (exact) mass is 253 g/mol. The predicted octanol–water partition coefficient (Wildman–Crippen LogP) is 2.71. The molecular formula is C11H12ClN3S. The van der Waals surface area contributed by atoms with Crippen molar-refractivity contribution in [3.63, 3.8) is 0 Å². The van der Waals surface area contributed by atoms with Crippen LogP contribution in [-0.2, 0) is 6.54 Å². The lowest BCUT2D eigenvalue weighted by atomic mass is 10.2. The average Bonchev–Trinajstić information content (AvgIpc) is 2.74. The van der Waals surface area contributed by atoms with Gasteiger partial charge in [-0.2, -0.15) is 5.10 Å². The normalized spacial score (nSPS) is 10.7. The number of aromatic nitrogens is 2. The van der Waals surface area contributed by atoms with Gasteiger partial charge in [0.1, 0.15) is 0 Å². The van der Waals surface area contributed by atoms with E-state index in [1.165, 1.54) is 4.90 Å². The van der Waals surface area contributed by atoms with Crippen molar-refractivity contribution in [3.05, 3.63) is 41.2 Å². The fraction of sp³-hybridized carbons (Fsp3) is 0.182. The minimum atomic E-state index is 0.490. The van der Waals surface area contributed by atoms with E-state index in [-0.39, 0.29) is 0 Å². The highest BCUT2D eigenvalue weighted by Gasteiger charge is 2.08. The van der Waals surface area contributed by atoms with Crippen LogP contribution in [0.25, 0.3) is 5.69 Å². The molecule has 1 aromatic heterocycles. The van der Waals surface area contributed by atoms with Gasteiger partial charge in [0.25, 0.3) is 0 Å². The molecule has 0 aliphatic carbocycles. The molecule has 1 aromatic carbocycles. The maximum Gasteiger partial charge on any atom is 0.0790 e. The Bertz CT molecular complexity index is 496. The van der Waals surface area contributed by atoms with Crippen molar-refractivity contribution in [2.45, 2.75) is 11.4 Å². The highest BCUT2D eigenvalue weighted by molar-refractivity contribution is 7.98. The molecule has 0 unspecified atom stereocenters. The van der Waals surface area contributed by atoms with Gasteiger partial charge in [-0.3, -0.25) is 0 Å². The second-order valence-electron chi connectivity index (χ2n) is 3.27. The number of rotatable bonds is 3. The molecule has 3 nitrogen and oxygen atoms in total. The molecule has 0 amide bonds. The van der Waals surface area contributed by atoms with E-state index < -0.39 is 0 Å². The maximum atomic E-state index is 5.86. The summed E-state index contributed by atoms with van der Waals surface area (Å²) in [7, 11) is 0. The Hall–Kier alpha value is -0.970. The lowest BCUT2D eigenvalue weighted by Crippen LogP contribution is -2.06. The first-order chi connectivity index (χ1) is 7.76. The average molecular weight is 254 g/mol. The highest BCUT2D eigenvalue weighted by Crippen LogP contribution is 2.25. The summed E-state index contributed by atoms with van der Waals surface area (Å²) in [5.41, 5.74) is 7.86. The van der Waals surface area contributed by atoms with Gasteiger partial charge in [-0.15, -0.1) is 11.8 Å². The first-order valence-electron chi connectivity index (χ1n) is 4.82. The molecule has 0 aliphatic heterocycles. The second kappa shape index (κ2) is 4.91. The van der Waals surface area contributed by atoms with Gasteiger partial charge < -0.3 is 5.73 Å². The van der Waals surface area contributed by atoms with Crippen molar-refractivity contribution < 1.29 is 0 Å². The second-order valence-corrected chi connectivity index (χ2v) is 4.55. The van der Waals surface area contributed by atoms with Gasteiger partial charge in [0.05, 0.1) is 16.9 Å². The lowest BCUT2D eigenvalue weighted by molar-refractivity contribution is 0.849. The molecule has 2 rings (SSSR count). The summed E-state index contributed by atoms with van der Waals surface area (Å²) in [4.78, 5) is 1.17. The minimum Gasteiger partial charge on any atom is -0.326 e. The van der Waals surface area contributed by atoms with E-state index in [1.54, 1.807) is 28.8 Å². The van der Waals surface area contributed by atoms with E-state index in [0.29, 0.717) is 11.6 Å². The molecule has 0 fully saturated rings. The number of halogens is 1. The van der Waals surface area contributed by atoms with Gasteiger partial charge in [-0.05, 0) is 18.4 Å². The smallest absolute Gasteiger partial charge is 0.0790 e. The summed E-state index contributed by atoms with van der Waals surface area (Å²) in [5, 5.41) is 4.81. The third-order valence-corrected chi connectivity index (χ3v) is 3.35. The predicted molar refractivity (Wildman–Crippen MR) is 68.2 cm³/mol. The zero-order chi connectivity index (χ0) is 11.5. The topological polar surface area (TPSA) is 43.8 Å². The number of hydrogen-bond acceptors (Lipinski definition) is 3. The van der Waals surface area contributed by atoms with Gasteiger partial charge >= 0.3 is 0 Å². The Balaban J connectivity index is 2.56. The van der Waals surface area contributed by atoms with Gasteiger partial charge in [0.2, 0.25) is 0 Å². The van der Waals surface area contributed by atoms with Crippen molar-refractivity contribution in [1.29, 1.82) is 0 Å². The lowest BCUT2D eigenvalue weighted by Gasteiger charge is -2.11. The van der Waals surface area contributed by atoms with Crippen LogP contribution in [0.1, 0.15) is 5.56 Å². The molecule has 84 valence electrons. The van der Waals surface area contributed by atoms with E-state index in [2.05, 4.69) is 11.2 Å². The highest BCUT2D eigenvalue weighted by atomic mass is 35.5.